The number of carbonyl (C=O) groups is 1. The van der Waals surface area contributed by atoms with Crippen LogP contribution in [0.3, 0.4) is 0 Å². The fourth-order valence-corrected chi connectivity index (χ4v) is 2.77. The van der Waals surface area contributed by atoms with Gasteiger partial charge in [0, 0.05) is 4.88 Å². The maximum Gasteiger partial charge on any atom is 0.151 e. The Kier molecular flexibility index (Phi) is 2.64. The minimum absolute atomic E-state index is 0.0442. The molecule has 0 saturated carbocycles. The lowest BCUT2D eigenvalue weighted by atomic mass is 10.0. The lowest BCUT2D eigenvalue weighted by molar-refractivity contribution is -0.127. The van der Waals surface area contributed by atoms with Crippen LogP contribution in [0.1, 0.15) is 30.7 Å². The predicted octanol–water partition coefficient (Wildman–Crippen LogP) is 3.21. The van der Waals surface area contributed by atoms with Crippen molar-refractivity contribution >= 4 is 29.2 Å². The second-order valence-electron chi connectivity index (χ2n) is 3.72. The molecule has 0 aromatic carbocycles. The van der Waals surface area contributed by atoms with Gasteiger partial charge in [0.1, 0.15) is 5.60 Å². The van der Waals surface area contributed by atoms with Gasteiger partial charge in [-0.05, 0) is 31.9 Å². The third kappa shape index (κ3) is 1.85. The first-order valence-corrected chi connectivity index (χ1v) is 5.72. The largest absolute Gasteiger partial charge is 0.359 e. The molecule has 76 valence electrons. The molecular formula is C10H11ClO2S. The highest BCUT2D eigenvalue weighted by atomic mass is 35.5. The Balaban J connectivity index is 2.13. The van der Waals surface area contributed by atoms with E-state index in [1.807, 2.05) is 19.1 Å². The molecule has 0 N–H and O–H groups in total. The summed E-state index contributed by atoms with van der Waals surface area (Å²) in [5.74, 6) is 0. The number of thiophene rings is 1. The molecule has 4 heteroatoms. The zero-order valence-corrected chi connectivity index (χ0v) is 9.40. The summed E-state index contributed by atoms with van der Waals surface area (Å²) < 4.78 is 6.45. The highest BCUT2D eigenvalue weighted by Crippen LogP contribution is 2.41. The van der Waals surface area contributed by atoms with Crippen molar-refractivity contribution in [2.24, 2.45) is 0 Å². The maximum absolute atomic E-state index is 10.8. The van der Waals surface area contributed by atoms with Gasteiger partial charge in [-0.25, -0.2) is 0 Å². The van der Waals surface area contributed by atoms with Crippen molar-refractivity contribution in [1.82, 2.24) is 0 Å². The van der Waals surface area contributed by atoms with Gasteiger partial charge in [-0.15, -0.1) is 11.3 Å². The quantitative estimate of drug-likeness (QED) is 0.730. The van der Waals surface area contributed by atoms with Gasteiger partial charge in [0.25, 0.3) is 0 Å². The Bertz CT molecular complexity index is 350. The molecule has 0 spiro atoms. The summed E-state index contributed by atoms with van der Waals surface area (Å²) in [6.45, 7) is 1.83. The van der Waals surface area contributed by atoms with E-state index in [9.17, 15) is 4.79 Å². The number of aldehydes is 1. The minimum atomic E-state index is -0.596. The number of halogens is 1. The van der Waals surface area contributed by atoms with Gasteiger partial charge in [0.05, 0.1) is 10.4 Å². The van der Waals surface area contributed by atoms with Crippen LogP contribution >= 0.6 is 22.9 Å². The zero-order valence-electron chi connectivity index (χ0n) is 7.83. The van der Waals surface area contributed by atoms with Gasteiger partial charge in [0.15, 0.2) is 6.29 Å². The summed E-state index contributed by atoms with van der Waals surface area (Å²) in [7, 11) is 0. The molecule has 14 heavy (non-hydrogen) atoms. The van der Waals surface area contributed by atoms with E-state index in [0.29, 0.717) is 0 Å². The molecule has 2 nitrogen and oxygen atoms in total. The molecule has 1 aliphatic rings. The molecule has 1 aromatic rings. The van der Waals surface area contributed by atoms with Gasteiger partial charge in [-0.1, -0.05) is 11.6 Å². The second-order valence-corrected chi connectivity index (χ2v) is 5.46. The van der Waals surface area contributed by atoms with Crippen LogP contribution in [0.15, 0.2) is 12.1 Å². The van der Waals surface area contributed by atoms with Crippen LogP contribution in [0.4, 0.5) is 0 Å². The first kappa shape index (κ1) is 10.1. The third-order valence-corrected chi connectivity index (χ3v) is 3.80. The van der Waals surface area contributed by atoms with E-state index in [4.69, 9.17) is 16.3 Å². The zero-order chi connectivity index (χ0) is 10.2. The Hall–Kier alpha value is -0.380. The van der Waals surface area contributed by atoms with E-state index in [-0.39, 0.29) is 6.10 Å². The lowest BCUT2D eigenvalue weighted by Gasteiger charge is -2.16. The van der Waals surface area contributed by atoms with Crippen molar-refractivity contribution in [2.75, 3.05) is 0 Å². The van der Waals surface area contributed by atoms with Crippen molar-refractivity contribution in [3.05, 3.63) is 21.3 Å². The van der Waals surface area contributed by atoms with E-state index in [0.717, 1.165) is 28.3 Å². The van der Waals surface area contributed by atoms with Crippen molar-refractivity contribution in [2.45, 2.75) is 31.5 Å². The Morgan fingerprint density at radius 3 is 3.00 bits per heavy atom. The molecule has 2 unspecified atom stereocenters. The highest BCUT2D eigenvalue weighted by Gasteiger charge is 2.36. The van der Waals surface area contributed by atoms with E-state index in [1.165, 1.54) is 11.3 Å². The number of rotatable bonds is 2. The fraction of sp³-hybridized carbons (Fsp3) is 0.500. The lowest BCUT2D eigenvalue weighted by Crippen LogP contribution is -2.24. The second kappa shape index (κ2) is 3.65. The van der Waals surface area contributed by atoms with Crippen LogP contribution in [0, 0.1) is 0 Å². The van der Waals surface area contributed by atoms with Crippen LogP contribution in [0.25, 0.3) is 0 Å². The summed E-state index contributed by atoms with van der Waals surface area (Å²) >= 11 is 7.36. The monoisotopic (exact) mass is 230 g/mol. The molecular weight excluding hydrogens is 220 g/mol. The first-order valence-electron chi connectivity index (χ1n) is 4.52. The van der Waals surface area contributed by atoms with Gasteiger partial charge < -0.3 is 9.53 Å². The third-order valence-electron chi connectivity index (χ3n) is 2.48. The number of hydrogen-bond donors (Lipinski definition) is 0. The van der Waals surface area contributed by atoms with Crippen LogP contribution < -0.4 is 0 Å². The minimum Gasteiger partial charge on any atom is -0.359 e. The van der Waals surface area contributed by atoms with Crippen molar-refractivity contribution in [3.63, 3.8) is 0 Å². The molecule has 2 rings (SSSR count). The molecule has 2 heterocycles. The highest BCUT2D eigenvalue weighted by molar-refractivity contribution is 7.16. The first-order chi connectivity index (χ1) is 6.63. The summed E-state index contributed by atoms with van der Waals surface area (Å²) in [6, 6.07) is 3.83. The van der Waals surface area contributed by atoms with Crippen LogP contribution in [-0.2, 0) is 9.53 Å². The van der Waals surface area contributed by atoms with Crippen LogP contribution in [0.5, 0.6) is 0 Å². The van der Waals surface area contributed by atoms with Crippen LogP contribution in [-0.4, -0.2) is 11.9 Å². The smallest absolute Gasteiger partial charge is 0.151 e. The molecule has 0 aliphatic carbocycles. The van der Waals surface area contributed by atoms with E-state index < -0.39 is 5.60 Å². The Labute approximate surface area is 91.8 Å². The standard InChI is InChI=1S/C10H11ClO2S/c1-10(6-12)5-4-7(13-10)8-2-3-9(11)14-8/h2-3,6-7H,4-5H2,1H3. The van der Waals surface area contributed by atoms with Crippen molar-refractivity contribution in [1.29, 1.82) is 0 Å². The predicted molar refractivity (Wildman–Crippen MR) is 56.9 cm³/mol. The van der Waals surface area contributed by atoms with Crippen LogP contribution in [0.2, 0.25) is 4.34 Å². The molecule has 1 fully saturated rings. The number of ether oxygens (including phenoxy) is 1. The normalized spacial score (nSPS) is 32.0. The molecule has 0 bridgehead atoms. The van der Waals surface area contributed by atoms with Gasteiger partial charge in [-0.2, -0.15) is 0 Å². The summed E-state index contributed by atoms with van der Waals surface area (Å²) in [6.07, 6.45) is 2.62. The number of carbonyl (C=O) groups excluding carboxylic acids is 1. The molecule has 0 radical (unpaired) electrons. The maximum atomic E-state index is 10.8. The van der Waals surface area contributed by atoms with Gasteiger partial charge in [0.2, 0.25) is 0 Å². The summed E-state index contributed by atoms with van der Waals surface area (Å²) in [4.78, 5) is 11.9. The van der Waals surface area contributed by atoms with E-state index >= 15 is 0 Å². The summed E-state index contributed by atoms with van der Waals surface area (Å²) in [5.41, 5.74) is -0.596. The molecule has 2 atom stereocenters. The molecule has 1 aromatic heterocycles. The van der Waals surface area contributed by atoms with Gasteiger partial charge >= 0.3 is 0 Å². The Morgan fingerprint density at radius 2 is 2.50 bits per heavy atom. The SMILES string of the molecule is CC1(C=O)CCC(c2ccc(Cl)s2)O1. The molecule has 0 amide bonds. The topological polar surface area (TPSA) is 26.3 Å². The molecule has 1 aliphatic heterocycles. The Morgan fingerprint density at radius 1 is 1.71 bits per heavy atom. The number of hydrogen-bond acceptors (Lipinski definition) is 3. The molecule has 1 saturated heterocycles. The average molecular weight is 231 g/mol. The summed E-state index contributed by atoms with van der Waals surface area (Å²) in [5, 5.41) is 0. The van der Waals surface area contributed by atoms with E-state index in [2.05, 4.69) is 0 Å². The average Bonchev–Trinajstić information content (AvgIpc) is 2.73. The van der Waals surface area contributed by atoms with Crippen molar-refractivity contribution in [3.8, 4) is 0 Å². The van der Waals surface area contributed by atoms with E-state index in [1.54, 1.807) is 0 Å². The van der Waals surface area contributed by atoms with Crippen molar-refractivity contribution < 1.29 is 9.53 Å². The fourth-order valence-electron chi connectivity index (χ4n) is 1.65. The van der Waals surface area contributed by atoms with Gasteiger partial charge in [-0.3, -0.25) is 0 Å².